The molecule has 0 radical (unpaired) electrons. The number of fused-ring (bicyclic) bond motifs is 1. The van der Waals surface area contributed by atoms with E-state index in [2.05, 4.69) is 25.3 Å². The number of aromatic amines is 1. The van der Waals surface area contributed by atoms with E-state index in [1.807, 2.05) is 25.1 Å². The van der Waals surface area contributed by atoms with Gasteiger partial charge in [0.15, 0.2) is 0 Å². The molecule has 4 N–H and O–H groups in total. The summed E-state index contributed by atoms with van der Waals surface area (Å²) < 4.78 is 33.7. The molecule has 33 heavy (non-hydrogen) atoms. The summed E-state index contributed by atoms with van der Waals surface area (Å²) in [5, 5.41) is 6.03. The first-order valence-electron chi connectivity index (χ1n) is 10.6. The first kappa shape index (κ1) is 23.0. The highest BCUT2D eigenvalue weighted by molar-refractivity contribution is 7.89. The van der Waals surface area contributed by atoms with Crippen LogP contribution in [0.2, 0.25) is 0 Å². The van der Waals surface area contributed by atoms with E-state index in [1.165, 1.54) is 12.1 Å². The van der Waals surface area contributed by atoms with Crippen molar-refractivity contribution in [2.24, 2.45) is 0 Å². The Hall–Kier alpha value is -3.21. The predicted molar refractivity (Wildman–Crippen MR) is 125 cm³/mol. The molecule has 0 saturated carbocycles. The first-order chi connectivity index (χ1) is 15.7. The molecule has 4 rings (SSSR count). The van der Waals surface area contributed by atoms with Crippen molar-refractivity contribution >= 4 is 27.3 Å². The van der Waals surface area contributed by atoms with Gasteiger partial charge in [0, 0.05) is 23.0 Å². The van der Waals surface area contributed by atoms with E-state index in [9.17, 15) is 13.2 Å². The van der Waals surface area contributed by atoms with Gasteiger partial charge in [-0.15, -0.1) is 0 Å². The van der Waals surface area contributed by atoms with E-state index >= 15 is 0 Å². The molecule has 0 atom stereocenters. The fourth-order valence-electron chi connectivity index (χ4n) is 3.58. The Kier molecular flexibility index (Phi) is 6.50. The van der Waals surface area contributed by atoms with Gasteiger partial charge >= 0.3 is 0 Å². The summed E-state index contributed by atoms with van der Waals surface area (Å²) in [7, 11) is -3.80. The highest BCUT2D eigenvalue weighted by Gasteiger charge is 2.20. The van der Waals surface area contributed by atoms with Gasteiger partial charge in [-0.1, -0.05) is 6.07 Å². The lowest BCUT2D eigenvalue weighted by Crippen LogP contribution is -2.30. The fraction of sp³-hybridized carbons (Fsp3) is 0.304. The molecule has 0 unspecified atom stereocenters. The average molecular weight is 470 g/mol. The number of aromatic nitrogens is 2. The number of nitrogens with zero attached hydrogens (tertiary/aromatic N) is 1. The number of aryl methyl sites for hydroxylation is 1. The topological polar surface area (TPSA) is 125 Å². The Morgan fingerprint density at radius 2 is 1.91 bits per heavy atom. The highest BCUT2D eigenvalue weighted by Crippen LogP contribution is 2.25. The number of hydrogen-bond donors (Lipinski definition) is 4. The van der Waals surface area contributed by atoms with E-state index in [4.69, 9.17) is 4.74 Å². The van der Waals surface area contributed by atoms with E-state index in [-0.39, 0.29) is 16.5 Å². The lowest BCUT2D eigenvalue weighted by atomic mass is 10.1. The largest absolute Gasteiger partial charge is 0.379 e. The van der Waals surface area contributed by atoms with Crippen LogP contribution in [0.3, 0.4) is 0 Å². The quantitative estimate of drug-likeness (QED) is 0.401. The normalized spacial score (nSPS) is 13.2. The number of anilines is 2. The van der Waals surface area contributed by atoms with Gasteiger partial charge in [0.2, 0.25) is 10.0 Å². The molecule has 2 heterocycles. The molecular weight excluding hydrogens is 442 g/mol. The number of carbonyl (C=O) groups is 1. The molecule has 2 aromatic carbocycles. The summed E-state index contributed by atoms with van der Waals surface area (Å²) in [5.41, 5.74) is 4.32. The number of carbonyl (C=O) groups excluding carboxylic acids is 1. The van der Waals surface area contributed by atoms with E-state index in [0.29, 0.717) is 31.1 Å². The molecule has 1 aliphatic rings. The van der Waals surface area contributed by atoms with E-state index in [0.717, 1.165) is 22.6 Å². The lowest BCUT2D eigenvalue weighted by Gasteiger charge is -2.14. The summed E-state index contributed by atoms with van der Waals surface area (Å²) in [6.07, 6.45) is 1.70. The highest BCUT2D eigenvalue weighted by atomic mass is 32.2. The van der Waals surface area contributed by atoms with Gasteiger partial charge in [-0.05, 0) is 62.2 Å². The smallest absolute Gasteiger partial charge is 0.255 e. The van der Waals surface area contributed by atoms with Gasteiger partial charge in [0.25, 0.3) is 5.91 Å². The molecule has 0 fully saturated rings. The second-order valence-corrected chi connectivity index (χ2v) is 10.0. The van der Waals surface area contributed by atoms with Crippen molar-refractivity contribution in [2.75, 3.05) is 10.6 Å². The first-order valence-corrected chi connectivity index (χ1v) is 12.1. The fourth-order valence-corrected chi connectivity index (χ4v) is 4.90. The molecule has 1 aromatic heterocycles. The van der Waals surface area contributed by atoms with Crippen LogP contribution < -0.4 is 15.4 Å². The third-order valence-corrected chi connectivity index (χ3v) is 6.73. The van der Waals surface area contributed by atoms with Gasteiger partial charge in [-0.3, -0.25) is 4.79 Å². The molecule has 10 heteroatoms. The number of H-pyrrole nitrogens is 1. The van der Waals surface area contributed by atoms with Gasteiger partial charge < -0.3 is 20.4 Å². The Balaban J connectivity index is 1.61. The SMILES string of the molecule is Cc1ncc(CNc2cc(C(=O)Nc3ccc4c(c3)COC4)cc(S(=O)(=O)NC(C)C)c2)[nH]1. The zero-order valence-corrected chi connectivity index (χ0v) is 19.5. The van der Waals surface area contributed by atoms with Crippen LogP contribution in [-0.4, -0.2) is 30.3 Å². The van der Waals surface area contributed by atoms with Crippen LogP contribution in [0, 0.1) is 6.92 Å². The Bertz CT molecular complexity index is 1280. The third kappa shape index (κ3) is 5.59. The van der Waals surface area contributed by atoms with Crippen molar-refractivity contribution < 1.29 is 17.9 Å². The summed E-state index contributed by atoms with van der Waals surface area (Å²) in [6.45, 7) is 6.80. The predicted octanol–water partition coefficient (Wildman–Crippen LogP) is 3.30. The maximum Gasteiger partial charge on any atom is 0.255 e. The molecule has 0 bridgehead atoms. The summed E-state index contributed by atoms with van der Waals surface area (Å²) in [6, 6.07) is 9.84. The molecule has 3 aromatic rings. The van der Waals surface area contributed by atoms with Crippen LogP contribution >= 0.6 is 0 Å². The lowest BCUT2D eigenvalue weighted by molar-refractivity contribution is 0.102. The number of imidazole rings is 1. The third-order valence-electron chi connectivity index (χ3n) is 5.09. The minimum Gasteiger partial charge on any atom is -0.379 e. The Labute approximate surface area is 193 Å². The number of sulfonamides is 1. The van der Waals surface area contributed by atoms with Crippen molar-refractivity contribution in [2.45, 2.75) is 51.5 Å². The molecule has 1 amide bonds. The maximum absolute atomic E-state index is 13.0. The molecule has 174 valence electrons. The van der Waals surface area contributed by atoms with Crippen molar-refractivity contribution in [1.29, 1.82) is 0 Å². The summed E-state index contributed by atoms with van der Waals surface area (Å²) in [5.74, 6) is 0.375. The van der Waals surface area contributed by atoms with Gasteiger partial charge in [0.05, 0.1) is 36.5 Å². The average Bonchev–Trinajstić information content (AvgIpc) is 3.39. The van der Waals surface area contributed by atoms with Crippen molar-refractivity contribution in [1.82, 2.24) is 14.7 Å². The van der Waals surface area contributed by atoms with Crippen LogP contribution in [0.4, 0.5) is 11.4 Å². The number of ether oxygens (including phenoxy) is 1. The standard InChI is InChI=1S/C23H27N5O4S/c1-14(2)28-33(30,31)22-8-17(6-20(9-22)25-11-21-10-24-15(3)26-21)23(29)27-19-5-4-16-12-32-13-18(16)7-19/h4-10,14,25,28H,11-13H2,1-3H3,(H,24,26)(H,27,29). The van der Waals surface area contributed by atoms with Gasteiger partial charge in [-0.2, -0.15) is 0 Å². The van der Waals surface area contributed by atoms with Crippen molar-refractivity contribution in [3.63, 3.8) is 0 Å². The number of benzene rings is 2. The zero-order valence-electron chi connectivity index (χ0n) is 18.7. The van der Waals surface area contributed by atoms with Gasteiger partial charge in [0.1, 0.15) is 5.82 Å². The van der Waals surface area contributed by atoms with Crippen LogP contribution in [0.15, 0.2) is 47.5 Å². The second-order valence-electron chi connectivity index (χ2n) is 8.30. The molecule has 0 saturated heterocycles. The van der Waals surface area contributed by atoms with Crippen molar-refractivity contribution in [3.05, 3.63) is 70.8 Å². The number of amides is 1. The zero-order chi connectivity index (χ0) is 23.6. The number of nitrogens with one attached hydrogen (secondary N) is 4. The molecule has 9 nitrogen and oxygen atoms in total. The second kappa shape index (κ2) is 9.34. The molecular formula is C23H27N5O4S. The van der Waals surface area contributed by atoms with E-state index < -0.39 is 15.9 Å². The Morgan fingerprint density at radius 1 is 1.12 bits per heavy atom. The monoisotopic (exact) mass is 469 g/mol. The number of rotatable bonds is 8. The molecule has 0 aliphatic carbocycles. The summed E-state index contributed by atoms with van der Waals surface area (Å²) >= 11 is 0. The van der Waals surface area contributed by atoms with Crippen LogP contribution in [0.5, 0.6) is 0 Å². The minimum absolute atomic E-state index is 0.00879. The summed E-state index contributed by atoms with van der Waals surface area (Å²) in [4.78, 5) is 20.3. The maximum atomic E-state index is 13.0. The molecule has 0 spiro atoms. The van der Waals surface area contributed by atoms with Crippen LogP contribution in [0.1, 0.15) is 46.9 Å². The number of hydrogen-bond acceptors (Lipinski definition) is 6. The Morgan fingerprint density at radius 3 is 2.64 bits per heavy atom. The van der Waals surface area contributed by atoms with Crippen LogP contribution in [0.25, 0.3) is 0 Å². The van der Waals surface area contributed by atoms with E-state index in [1.54, 1.807) is 26.1 Å². The minimum atomic E-state index is -3.80. The molecule has 1 aliphatic heterocycles. The van der Waals surface area contributed by atoms with Crippen LogP contribution in [-0.2, 0) is 34.5 Å². The van der Waals surface area contributed by atoms with Crippen molar-refractivity contribution in [3.8, 4) is 0 Å². The van der Waals surface area contributed by atoms with Gasteiger partial charge in [-0.25, -0.2) is 18.1 Å².